The molecule has 6 aromatic carbocycles. The average Bonchev–Trinajstić information content (AvgIpc) is 3.36. The summed E-state index contributed by atoms with van der Waals surface area (Å²) in [5.74, 6) is 0. The molecule has 1 heterocycles. The smallest absolute Gasteiger partial charge is 0.0544 e. The number of H-pyrrole nitrogens is 1. The van der Waals surface area contributed by atoms with Crippen LogP contribution in [0.5, 0.6) is 0 Å². The number of aromatic amines is 1. The number of para-hydroxylation sites is 2. The second-order valence-electron chi connectivity index (χ2n) is 10.1. The first-order valence-corrected chi connectivity index (χ1v) is 13.1. The molecule has 1 aliphatic rings. The highest BCUT2D eigenvalue weighted by Crippen LogP contribution is 2.39. The van der Waals surface area contributed by atoms with Crippen LogP contribution in [0, 0.1) is 0 Å². The van der Waals surface area contributed by atoms with Crippen LogP contribution in [-0.2, 0) is 6.42 Å². The number of fused-ring (bicyclic) bond motifs is 9. The minimum absolute atomic E-state index is 1.10. The zero-order chi connectivity index (χ0) is 24.3. The number of hydrogen-bond donors (Lipinski definition) is 1. The molecule has 0 atom stereocenters. The fourth-order valence-electron chi connectivity index (χ4n) is 6.34. The quantitative estimate of drug-likeness (QED) is 0.241. The molecule has 1 N–H and O–H groups in total. The van der Waals surface area contributed by atoms with E-state index in [1.807, 2.05) is 0 Å². The topological polar surface area (TPSA) is 15.8 Å². The van der Waals surface area contributed by atoms with Gasteiger partial charge in [0.1, 0.15) is 0 Å². The van der Waals surface area contributed by atoms with Crippen molar-refractivity contribution >= 4 is 49.4 Å². The highest BCUT2D eigenvalue weighted by molar-refractivity contribution is 6.14. The van der Waals surface area contributed by atoms with Crippen LogP contribution in [-0.4, -0.2) is 4.98 Å². The summed E-state index contributed by atoms with van der Waals surface area (Å²) in [6.07, 6.45) is 6.85. The number of hydrogen-bond acceptors (Lipinski definition) is 0. The van der Waals surface area contributed by atoms with Gasteiger partial charge in [-0.2, -0.15) is 0 Å². The van der Waals surface area contributed by atoms with Gasteiger partial charge in [0.15, 0.2) is 0 Å². The standard InChI is InChI=1S/C36H25N/c1-2-13-29-27(11-1)28-12-3-4-14-30(28)34-22-24(19-20-31(29)34)23-9-7-10-25(21-23)26-16-8-17-33-32-15-5-6-18-35(32)37-36(26)33/h1-3,5-13,15-22,37H,4,14H2. The molecule has 1 nitrogen and oxygen atoms in total. The summed E-state index contributed by atoms with van der Waals surface area (Å²) in [6, 6.07) is 40.1. The van der Waals surface area contributed by atoms with Gasteiger partial charge >= 0.3 is 0 Å². The highest BCUT2D eigenvalue weighted by atomic mass is 14.7. The Balaban J connectivity index is 1.32. The zero-order valence-corrected chi connectivity index (χ0v) is 20.5. The monoisotopic (exact) mass is 471 g/mol. The van der Waals surface area contributed by atoms with Crippen LogP contribution in [0.15, 0.2) is 115 Å². The van der Waals surface area contributed by atoms with Crippen LogP contribution in [0.1, 0.15) is 17.5 Å². The summed E-state index contributed by atoms with van der Waals surface area (Å²) in [7, 11) is 0. The van der Waals surface area contributed by atoms with Gasteiger partial charge in [-0.05, 0) is 80.4 Å². The lowest BCUT2D eigenvalue weighted by atomic mass is 9.85. The zero-order valence-electron chi connectivity index (χ0n) is 20.5. The van der Waals surface area contributed by atoms with E-state index < -0.39 is 0 Å². The molecule has 0 radical (unpaired) electrons. The number of aromatic nitrogens is 1. The number of aryl methyl sites for hydroxylation is 1. The van der Waals surface area contributed by atoms with Crippen molar-refractivity contribution in [2.24, 2.45) is 0 Å². The van der Waals surface area contributed by atoms with Crippen molar-refractivity contribution in [1.29, 1.82) is 0 Å². The maximum atomic E-state index is 3.67. The third-order valence-corrected chi connectivity index (χ3v) is 8.07. The van der Waals surface area contributed by atoms with Crippen LogP contribution in [0.4, 0.5) is 0 Å². The lowest BCUT2D eigenvalue weighted by molar-refractivity contribution is 1.00. The van der Waals surface area contributed by atoms with Crippen LogP contribution >= 0.6 is 0 Å². The van der Waals surface area contributed by atoms with E-state index in [0.717, 1.165) is 12.8 Å². The number of allylic oxidation sites excluding steroid dienone is 1. The first kappa shape index (κ1) is 20.6. The van der Waals surface area contributed by atoms with Gasteiger partial charge in [-0.1, -0.05) is 103 Å². The molecule has 0 spiro atoms. The SMILES string of the molecule is C1=Cc2c(c3cc(-c4cccc(-c5cccc6c5[nH]c5ccccc56)c4)ccc3c3ccccc23)CC1. The van der Waals surface area contributed by atoms with Crippen molar-refractivity contribution in [3.05, 3.63) is 126 Å². The second kappa shape index (κ2) is 7.94. The van der Waals surface area contributed by atoms with Crippen LogP contribution in [0.3, 0.4) is 0 Å². The molecule has 0 saturated carbocycles. The molecular weight excluding hydrogens is 446 g/mol. The summed E-state index contributed by atoms with van der Waals surface area (Å²) < 4.78 is 0. The highest BCUT2D eigenvalue weighted by Gasteiger charge is 2.16. The molecule has 1 aliphatic carbocycles. The van der Waals surface area contributed by atoms with E-state index in [2.05, 4.69) is 126 Å². The first-order chi connectivity index (χ1) is 18.3. The molecule has 1 heteroatoms. The van der Waals surface area contributed by atoms with Gasteiger partial charge in [0.05, 0.1) is 5.52 Å². The van der Waals surface area contributed by atoms with Crippen LogP contribution < -0.4 is 0 Å². The Bertz CT molecular complexity index is 2040. The van der Waals surface area contributed by atoms with E-state index >= 15 is 0 Å². The molecule has 174 valence electrons. The van der Waals surface area contributed by atoms with Gasteiger partial charge in [-0.15, -0.1) is 0 Å². The fourth-order valence-corrected chi connectivity index (χ4v) is 6.34. The fraction of sp³-hybridized carbons (Fsp3) is 0.0556. The molecule has 7 aromatic rings. The van der Waals surface area contributed by atoms with Crippen LogP contribution in [0.25, 0.3) is 71.7 Å². The average molecular weight is 472 g/mol. The maximum absolute atomic E-state index is 3.67. The third kappa shape index (κ3) is 3.11. The Morgan fingerprint density at radius 3 is 2.19 bits per heavy atom. The molecular formula is C36H25N. The van der Waals surface area contributed by atoms with Crippen molar-refractivity contribution in [2.45, 2.75) is 12.8 Å². The largest absolute Gasteiger partial charge is 0.354 e. The Labute approximate surface area is 215 Å². The predicted octanol–water partition coefficient (Wildman–Crippen LogP) is 9.92. The number of benzene rings is 6. The normalized spacial score (nSPS) is 13.1. The minimum atomic E-state index is 1.10. The molecule has 0 unspecified atom stereocenters. The minimum Gasteiger partial charge on any atom is -0.354 e. The van der Waals surface area contributed by atoms with Gasteiger partial charge in [-0.3, -0.25) is 0 Å². The van der Waals surface area contributed by atoms with E-state index in [4.69, 9.17) is 0 Å². The van der Waals surface area contributed by atoms with Crippen molar-refractivity contribution in [3.8, 4) is 22.3 Å². The molecule has 0 aliphatic heterocycles. The molecule has 0 amide bonds. The Morgan fingerprint density at radius 1 is 0.514 bits per heavy atom. The van der Waals surface area contributed by atoms with Crippen molar-refractivity contribution in [2.75, 3.05) is 0 Å². The van der Waals surface area contributed by atoms with Crippen molar-refractivity contribution in [3.63, 3.8) is 0 Å². The van der Waals surface area contributed by atoms with Crippen molar-refractivity contribution in [1.82, 2.24) is 4.98 Å². The van der Waals surface area contributed by atoms with Gasteiger partial charge in [0, 0.05) is 21.9 Å². The molecule has 0 bridgehead atoms. The Hall–Kier alpha value is -4.62. The van der Waals surface area contributed by atoms with E-state index in [1.165, 1.54) is 76.7 Å². The van der Waals surface area contributed by atoms with E-state index in [1.54, 1.807) is 0 Å². The van der Waals surface area contributed by atoms with Gasteiger partial charge in [0.25, 0.3) is 0 Å². The lowest BCUT2D eigenvalue weighted by Crippen LogP contribution is -1.98. The molecule has 1 aromatic heterocycles. The molecule has 37 heavy (non-hydrogen) atoms. The number of rotatable bonds is 2. The third-order valence-electron chi connectivity index (χ3n) is 8.07. The van der Waals surface area contributed by atoms with E-state index in [9.17, 15) is 0 Å². The van der Waals surface area contributed by atoms with Crippen LogP contribution in [0.2, 0.25) is 0 Å². The summed E-state index contributed by atoms with van der Waals surface area (Å²) in [5, 5.41) is 7.99. The van der Waals surface area contributed by atoms with E-state index in [-0.39, 0.29) is 0 Å². The number of nitrogens with one attached hydrogen (secondary N) is 1. The first-order valence-electron chi connectivity index (χ1n) is 13.1. The predicted molar refractivity (Wildman–Crippen MR) is 159 cm³/mol. The summed E-state index contributed by atoms with van der Waals surface area (Å²) in [4.78, 5) is 3.67. The summed E-state index contributed by atoms with van der Waals surface area (Å²) in [5.41, 5.74) is 10.3. The summed E-state index contributed by atoms with van der Waals surface area (Å²) >= 11 is 0. The molecule has 0 saturated heterocycles. The van der Waals surface area contributed by atoms with Crippen molar-refractivity contribution < 1.29 is 0 Å². The second-order valence-corrected chi connectivity index (χ2v) is 10.1. The van der Waals surface area contributed by atoms with Gasteiger partial charge in [-0.25, -0.2) is 0 Å². The molecule has 0 fully saturated rings. The Kier molecular flexibility index (Phi) is 4.41. The maximum Gasteiger partial charge on any atom is 0.0544 e. The summed E-state index contributed by atoms with van der Waals surface area (Å²) in [6.45, 7) is 0. The van der Waals surface area contributed by atoms with Gasteiger partial charge < -0.3 is 4.98 Å². The van der Waals surface area contributed by atoms with E-state index in [0.29, 0.717) is 0 Å². The molecule has 8 rings (SSSR count). The van der Waals surface area contributed by atoms with Gasteiger partial charge in [0.2, 0.25) is 0 Å². The Morgan fingerprint density at radius 2 is 1.24 bits per heavy atom. The lowest BCUT2D eigenvalue weighted by Gasteiger charge is -2.18.